The Morgan fingerprint density at radius 2 is 2.00 bits per heavy atom. The highest BCUT2D eigenvalue weighted by atomic mass is 35.5. The highest BCUT2D eigenvalue weighted by Crippen LogP contribution is 2.33. The summed E-state index contributed by atoms with van der Waals surface area (Å²) in [5.41, 5.74) is 8.23. The Labute approximate surface area is 185 Å². The largest absolute Gasteiger partial charge is 0.378 e. The number of thioether (sulfide) groups is 1. The second kappa shape index (κ2) is 10.2. The lowest BCUT2D eigenvalue weighted by Gasteiger charge is -2.25. The van der Waals surface area contributed by atoms with E-state index in [-0.39, 0.29) is 6.04 Å². The Morgan fingerprint density at radius 3 is 2.77 bits per heavy atom. The Hall–Kier alpha value is -2.26. The second-order valence-corrected chi connectivity index (χ2v) is 8.40. The first kappa shape index (κ1) is 21.0. The third-order valence-corrected chi connectivity index (χ3v) is 6.43. The van der Waals surface area contributed by atoms with E-state index in [1.54, 1.807) is 11.8 Å². The number of halogens is 1. The van der Waals surface area contributed by atoms with E-state index in [0.717, 1.165) is 34.4 Å². The third-order valence-electron chi connectivity index (χ3n) is 4.86. The summed E-state index contributed by atoms with van der Waals surface area (Å²) in [4.78, 5) is 7.78. The van der Waals surface area contributed by atoms with Gasteiger partial charge in [-0.2, -0.15) is 4.98 Å². The fraction of sp³-hybridized carbons (Fsp3) is 0.333. The summed E-state index contributed by atoms with van der Waals surface area (Å²) < 4.78 is 5.39. The van der Waals surface area contributed by atoms with Gasteiger partial charge in [-0.3, -0.25) is 5.10 Å². The van der Waals surface area contributed by atoms with Crippen LogP contribution in [0.4, 0.5) is 11.6 Å². The highest BCUT2D eigenvalue weighted by molar-refractivity contribution is 7.98. The van der Waals surface area contributed by atoms with Crippen LogP contribution in [0.25, 0.3) is 0 Å². The van der Waals surface area contributed by atoms with Gasteiger partial charge in [0.1, 0.15) is 5.82 Å². The van der Waals surface area contributed by atoms with Crippen molar-refractivity contribution in [2.45, 2.75) is 16.7 Å². The molecule has 30 heavy (non-hydrogen) atoms. The van der Waals surface area contributed by atoms with Crippen molar-refractivity contribution in [3.63, 3.8) is 0 Å². The monoisotopic (exact) mass is 444 g/mol. The Morgan fingerprint density at radius 1 is 1.20 bits per heavy atom. The van der Waals surface area contributed by atoms with Gasteiger partial charge in [-0.25, -0.2) is 0 Å². The third kappa shape index (κ3) is 5.26. The number of aromatic nitrogens is 3. The van der Waals surface area contributed by atoms with E-state index in [1.165, 1.54) is 5.56 Å². The molecule has 4 rings (SSSR count). The fourth-order valence-electron chi connectivity index (χ4n) is 3.20. The smallest absolute Gasteiger partial charge is 0.244 e. The minimum Gasteiger partial charge on any atom is -0.378 e. The van der Waals surface area contributed by atoms with Gasteiger partial charge in [0.15, 0.2) is 0 Å². The summed E-state index contributed by atoms with van der Waals surface area (Å²) in [5, 5.41) is 11.6. The van der Waals surface area contributed by atoms with Gasteiger partial charge < -0.3 is 20.7 Å². The first-order chi connectivity index (χ1) is 14.7. The van der Waals surface area contributed by atoms with Crippen LogP contribution in [0.3, 0.4) is 0 Å². The molecule has 4 N–H and O–H groups in total. The number of nitrogens with one attached hydrogen (secondary N) is 2. The number of nitrogens with zero attached hydrogens (tertiary/aromatic N) is 3. The number of morpholine rings is 1. The van der Waals surface area contributed by atoms with Crippen molar-refractivity contribution in [2.24, 2.45) is 5.73 Å². The van der Waals surface area contributed by atoms with Crippen molar-refractivity contribution in [1.82, 2.24) is 15.2 Å². The number of anilines is 2. The number of ether oxygens (including phenoxy) is 1. The molecule has 1 fully saturated rings. The van der Waals surface area contributed by atoms with E-state index in [4.69, 9.17) is 22.1 Å². The van der Waals surface area contributed by atoms with Crippen LogP contribution in [0, 0.1) is 0 Å². The van der Waals surface area contributed by atoms with E-state index >= 15 is 0 Å². The normalized spacial score (nSPS) is 15.2. The molecule has 158 valence electrons. The Kier molecular flexibility index (Phi) is 7.11. The van der Waals surface area contributed by atoms with Crippen molar-refractivity contribution in [3.8, 4) is 0 Å². The van der Waals surface area contributed by atoms with Crippen molar-refractivity contribution < 1.29 is 4.74 Å². The Bertz CT molecular complexity index is 948. The molecule has 0 bridgehead atoms. The van der Waals surface area contributed by atoms with Crippen LogP contribution in [-0.4, -0.2) is 48.0 Å². The van der Waals surface area contributed by atoms with Gasteiger partial charge in [0, 0.05) is 36.0 Å². The molecule has 1 atom stereocenters. The lowest BCUT2D eigenvalue weighted by Crippen LogP contribution is -2.37. The summed E-state index contributed by atoms with van der Waals surface area (Å²) in [6.45, 7) is 3.34. The SMILES string of the molecule is NCC(Nc1ccc(Cl)c(SCc2ccccc2)c1)c1nc(N2CCOCC2)n[nH]1. The lowest BCUT2D eigenvalue weighted by molar-refractivity contribution is 0.122. The van der Waals surface area contributed by atoms with Crippen LogP contribution in [0.15, 0.2) is 53.4 Å². The van der Waals surface area contributed by atoms with Gasteiger partial charge >= 0.3 is 0 Å². The van der Waals surface area contributed by atoms with Gasteiger partial charge in [-0.05, 0) is 23.8 Å². The highest BCUT2D eigenvalue weighted by Gasteiger charge is 2.20. The van der Waals surface area contributed by atoms with Crippen LogP contribution >= 0.6 is 23.4 Å². The standard InChI is InChI=1S/C21H25ClN6OS/c22-17-7-6-16(12-19(17)30-14-15-4-2-1-3-5-15)24-18(13-23)20-25-21(27-26-20)28-8-10-29-11-9-28/h1-7,12,18,24H,8-11,13-14,23H2,(H,25,26,27). The van der Waals surface area contributed by atoms with Crippen LogP contribution < -0.4 is 16.0 Å². The Balaban J connectivity index is 1.43. The van der Waals surface area contributed by atoms with Gasteiger partial charge in [0.2, 0.25) is 5.95 Å². The molecular weight excluding hydrogens is 420 g/mol. The van der Waals surface area contributed by atoms with E-state index in [2.05, 4.69) is 43.6 Å². The van der Waals surface area contributed by atoms with E-state index in [0.29, 0.717) is 31.5 Å². The zero-order chi connectivity index (χ0) is 20.8. The maximum atomic E-state index is 6.42. The zero-order valence-electron chi connectivity index (χ0n) is 16.6. The molecule has 0 spiro atoms. The van der Waals surface area contributed by atoms with E-state index in [9.17, 15) is 0 Å². The molecule has 3 aromatic rings. The molecule has 9 heteroatoms. The maximum Gasteiger partial charge on any atom is 0.244 e. The number of hydrogen-bond donors (Lipinski definition) is 3. The summed E-state index contributed by atoms with van der Waals surface area (Å²) >= 11 is 8.13. The molecule has 0 saturated carbocycles. The second-order valence-electron chi connectivity index (χ2n) is 6.97. The predicted octanol–water partition coefficient (Wildman–Crippen LogP) is 3.70. The van der Waals surface area contributed by atoms with Crippen molar-refractivity contribution in [1.29, 1.82) is 0 Å². The van der Waals surface area contributed by atoms with Crippen molar-refractivity contribution >= 4 is 35.0 Å². The summed E-state index contributed by atoms with van der Waals surface area (Å²) in [6, 6.07) is 16.1. The molecule has 1 saturated heterocycles. The summed E-state index contributed by atoms with van der Waals surface area (Å²) in [7, 11) is 0. The van der Waals surface area contributed by atoms with E-state index in [1.807, 2.05) is 30.3 Å². The number of H-pyrrole nitrogens is 1. The average molecular weight is 445 g/mol. The number of nitrogens with two attached hydrogens (primary N) is 1. The summed E-state index contributed by atoms with van der Waals surface area (Å²) in [6.07, 6.45) is 0. The molecule has 7 nitrogen and oxygen atoms in total. The quantitative estimate of drug-likeness (QED) is 0.456. The molecule has 0 radical (unpaired) electrons. The van der Waals surface area contributed by atoms with Crippen molar-refractivity contribution in [3.05, 3.63) is 64.9 Å². The molecular formula is C21H25ClN6OS. The van der Waals surface area contributed by atoms with Gasteiger partial charge in [0.25, 0.3) is 0 Å². The minimum atomic E-state index is -0.180. The molecule has 2 aromatic carbocycles. The molecule has 0 amide bonds. The molecule has 1 aromatic heterocycles. The minimum absolute atomic E-state index is 0.180. The predicted molar refractivity (Wildman–Crippen MR) is 122 cm³/mol. The number of aromatic amines is 1. The molecule has 2 heterocycles. The van der Waals surface area contributed by atoms with Crippen LogP contribution in [0.2, 0.25) is 5.02 Å². The van der Waals surface area contributed by atoms with Crippen LogP contribution in [0.5, 0.6) is 0 Å². The van der Waals surface area contributed by atoms with Gasteiger partial charge in [-0.1, -0.05) is 41.9 Å². The van der Waals surface area contributed by atoms with Gasteiger partial charge in [0.05, 0.1) is 24.3 Å². The van der Waals surface area contributed by atoms with Gasteiger partial charge in [-0.15, -0.1) is 16.9 Å². The molecule has 1 aliphatic heterocycles. The lowest BCUT2D eigenvalue weighted by atomic mass is 10.2. The first-order valence-corrected chi connectivity index (χ1v) is 11.3. The van der Waals surface area contributed by atoms with Crippen LogP contribution in [0.1, 0.15) is 17.4 Å². The maximum absolute atomic E-state index is 6.42. The summed E-state index contributed by atoms with van der Waals surface area (Å²) in [5.74, 6) is 2.26. The number of hydrogen-bond acceptors (Lipinski definition) is 7. The molecule has 1 aliphatic rings. The topological polar surface area (TPSA) is 92.1 Å². The molecule has 0 aliphatic carbocycles. The number of rotatable bonds is 8. The molecule has 1 unspecified atom stereocenters. The average Bonchev–Trinajstić information content (AvgIpc) is 3.29. The number of benzene rings is 2. The fourth-order valence-corrected chi connectivity index (χ4v) is 4.42. The van der Waals surface area contributed by atoms with E-state index < -0.39 is 0 Å². The van der Waals surface area contributed by atoms with Crippen molar-refractivity contribution in [2.75, 3.05) is 43.1 Å². The zero-order valence-corrected chi connectivity index (χ0v) is 18.1. The van der Waals surface area contributed by atoms with Crippen LogP contribution in [-0.2, 0) is 10.5 Å². The first-order valence-electron chi connectivity index (χ1n) is 9.91.